The van der Waals surface area contributed by atoms with E-state index in [-0.39, 0.29) is 0 Å². The highest BCUT2D eigenvalue weighted by Crippen LogP contribution is 2.54. The molecule has 1 aromatic rings. The van der Waals surface area contributed by atoms with E-state index in [1.807, 2.05) is 12.1 Å². The van der Waals surface area contributed by atoms with Gasteiger partial charge in [-0.1, -0.05) is 191 Å². The molecule has 6 nitrogen and oxygen atoms in total. The van der Waals surface area contributed by atoms with Crippen molar-refractivity contribution in [1.82, 2.24) is 9.80 Å². The minimum absolute atomic E-state index is 0.370. The molecule has 0 N–H and O–H groups in total. The van der Waals surface area contributed by atoms with Gasteiger partial charge in [0.05, 0.1) is 13.2 Å². The summed E-state index contributed by atoms with van der Waals surface area (Å²) in [5, 5.41) is 0. The van der Waals surface area contributed by atoms with E-state index in [4.69, 9.17) is 13.6 Å². The van der Waals surface area contributed by atoms with E-state index >= 15 is 0 Å². The zero-order valence-corrected chi connectivity index (χ0v) is 42.7. The molecule has 6 atom stereocenters. The Balaban J connectivity index is 2.68. The summed E-state index contributed by atoms with van der Waals surface area (Å²) in [4.78, 5) is 18.7. The molecule has 6 unspecified atom stereocenters. The standard InChI is InChI=1S/C52H101N2O4P/c1-42(2)21-15-23-44(5)25-17-27-46(7)29-19-31-48(9)33-35-56-59(55,58-52-38-50(40-53(11)12)37-51(39-52)41-54(13)14)57-36-34-49(10)32-20-30-47(8)28-18-26-45(6)24-16-22-43(3)4/h37-39,42-49H,15-36,40-41H2,1-14H3. The minimum atomic E-state index is -3.84. The summed E-state index contributed by atoms with van der Waals surface area (Å²) in [5.41, 5.74) is 2.24. The van der Waals surface area contributed by atoms with Gasteiger partial charge in [-0.15, -0.1) is 0 Å². The average Bonchev–Trinajstić information content (AvgIpc) is 3.10. The van der Waals surface area contributed by atoms with Crippen molar-refractivity contribution in [3.8, 4) is 5.75 Å². The Labute approximate surface area is 369 Å². The minimum Gasteiger partial charge on any atom is -0.598 e. The number of benzene rings is 1. The van der Waals surface area contributed by atoms with Crippen LogP contribution in [0.4, 0.5) is 0 Å². The first-order chi connectivity index (χ1) is 27.8. The first-order valence-electron chi connectivity index (χ1n) is 24.9. The molecule has 348 valence electrons. The molecule has 1 rings (SSSR count). The van der Waals surface area contributed by atoms with Gasteiger partial charge in [0.15, 0.2) is 5.75 Å². The van der Waals surface area contributed by atoms with Crippen molar-refractivity contribution >= 4 is 8.17 Å². The summed E-state index contributed by atoms with van der Waals surface area (Å²) in [6, 6.07) is 6.19. The van der Waals surface area contributed by atoms with Crippen molar-refractivity contribution in [3.63, 3.8) is 0 Å². The third-order valence-electron chi connectivity index (χ3n) is 12.5. The molecule has 59 heavy (non-hydrogen) atoms. The van der Waals surface area contributed by atoms with E-state index in [0.717, 1.165) is 72.6 Å². The van der Waals surface area contributed by atoms with Crippen LogP contribution < -0.4 is 9.42 Å². The first kappa shape index (κ1) is 56.3. The SMILES string of the molecule is CC(C)CCCC(C)CCCC(C)CCCC(C)CCO[P+]([O-])(OCCC(C)CCCC(C)CCCC(C)CCCC(C)C)Oc1cc(CN(C)C)cc(CN(C)C)c1. The lowest BCUT2D eigenvalue weighted by atomic mass is 9.91. The highest BCUT2D eigenvalue weighted by Gasteiger charge is 2.35. The van der Waals surface area contributed by atoms with Crippen LogP contribution in [0.25, 0.3) is 0 Å². The fraction of sp³-hybridized carbons (Fsp3) is 0.885. The zero-order chi connectivity index (χ0) is 44.2. The summed E-state index contributed by atoms with van der Waals surface area (Å²) in [7, 11) is 4.42. The molecular weight excluding hydrogens is 748 g/mol. The van der Waals surface area contributed by atoms with Gasteiger partial charge >= 0.3 is 8.17 Å². The number of hydrogen-bond donors (Lipinski definition) is 0. The van der Waals surface area contributed by atoms with Crippen LogP contribution in [0.2, 0.25) is 0 Å². The fourth-order valence-electron chi connectivity index (χ4n) is 8.52. The van der Waals surface area contributed by atoms with E-state index in [1.165, 1.54) is 116 Å². The highest BCUT2D eigenvalue weighted by molar-refractivity contribution is 7.54. The Morgan fingerprint density at radius 1 is 0.424 bits per heavy atom. The van der Waals surface area contributed by atoms with Crippen molar-refractivity contribution in [1.29, 1.82) is 0 Å². The predicted octanol–water partition coefficient (Wildman–Crippen LogP) is 15.2. The van der Waals surface area contributed by atoms with E-state index in [1.54, 1.807) is 0 Å². The molecule has 0 aliphatic heterocycles. The van der Waals surface area contributed by atoms with Gasteiger partial charge in [0.25, 0.3) is 0 Å². The van der Waals surface area contributed by atoms with Crippen molar-refractivity contribution in [2.24, 2.45) is 47.3 Å². The van der Waals surface area contributed by atoms with Crippen LogP contribution in [0, 0.1) is 47.3 Å². The second-order valence-corrected chi connectivity index (χ2v) is 22.8. The molecule has 0 bridgehead atoms. The molecule has 0 aliphatic carbocycles. The van der Waals surface area contributed by atoms with Crippen molar-refractivity contribution < 1.29 is 18.5 Å². The summed E-state index contributed by atoms with van der Waals surface area (Å²) >= 11 is 0. The second-order valence-electron chi connectivity index (χ2n) is 21.2. The maximum absolute atomic E-state index is 14.4. The Morgan fingerprint density at radius 3 is 0.966 bits per heavy atom. The van der Waals surface area contributed by atoms with Gasteiger partial charge < -0.3 is 14.7 Å². The molecule has 0 saturated carbocycles. The summed E-state index contributed by atoms with van der Waals surface area (Å²) < 4.78 is 18.6. The van der Waals surface area contributed by atoms with Crippen molar-refractivity contribution in [2.75, 3.05) is 41.4 Å². The maximum Gasteiger partial charge on any atom is 0.429 e. The second kappa shape index (κ2) is 32.9. The van der Waals surface area contributed by atoms with Crippen LogP contribution in [0.15, 0.2) is 18.2 Å². The number of rotatable bonds is 38. The van der Waals surface area contributed by atoms with E-state index < -0.39 is 8.17 Å². The van der Waals surface area contributed by atoms with Crippen molar-refractivity contribution in [3.05, 3.63) is 29.3 Å². The first-order valence-corrected chi connectivity index (χ1v) is 26.3. The summed E-state index contributed by atoms with van der Waals surface area (Å²) in [6.07, 6.45) is 25.4. The largest absolute Gasteiger partial charge is 0.598 e. The Morgan fingerprint density at radius 2 is 0.695 bits per heavy atom. The number of phosphoric ester groups is 1. The molecule has 0 amide bonds. The molecule has 0 spiro atoms. The Kier molecular flexibility index (Phi) is 31.3. The van der Waals surface area contributed by atoms with Crippen molar-refractivity contribution in [2.45, 2.75) is 211 Å². The molecule has 0 fully saturated rings. The third kappa shape index (κ3) is 31.7. The predicted molar refractivity (Wildman–Crippen MR) is 258 cm³/mol. The zero-order valence-electron chi connectivity index (χ0n) is 41.8. The Bertz CT molecular complexity index is 1070. The third-order valence-corrected chi connectivity index (χ3v) is 13.9. The van der Waals surface area contributed by atoms with Crippen LogP contribution in [0.1, 0.15) is 209 Å². The summed E-state index contributed by atoms with van der Waals surface area (Å²) in [5.74, 6) is 6.45. The number of nitrogens with zero attached hydrogens (tertiary/aromatic N) is 2. The van der Waals surface area contributed by atoms with Gasteiger partial charge in [-0.2, -0.15) is 9.05 Å². The molecule has 0 saturated heterocycles. The molecule has 0 radical (unpaired) electrons. The average molecular weight is 849 g/mol. The maximum atomic E-state index is 14.4. The molecular formula is C52H101N2O4P. The molecule has 1 aromatic carbocycles. The number of phosphoric acid groups is 1. The summed E-state index contributed by atoms with van der Waals surface area (Å²) in [6.45, 7) is 26.0. The molecule has 0 heterocycles. The monoisotopic (exact) mass is 849 g/mol. The van der Waals surface area contributed by atoms with Gasteiger partial charge in [0, 0.05) is 13.1 Å². The van der Waals surface area contributed by atoms with Gasteiger partial charge in [0.1, 0.15) is 0 Å². The molecule has 0 aliphatic rings. The van der Waals surface area contributed by atoms with Crippen LogP contribution in [-0.2, 0) is 22.1 Å². The van der Waals surface area contributed by atoms with Gasteiger partial charge in [0.2, 0.25) is 0 Å². The van der Waals surface area contributed by atoms with Crippen LogP contribution in [-0.4, -0.2) is 51.2 Å². The lowest BCUT2D eigenvalue weighted by Gasteiger charge is -2.27. The van der Waals surface area contributed by atoms with Gasteiger partial charge in [-0.25, -0.2) is 0 Å². The lowest BCUT2D eigenvalue weighted by molar-refractivity contribution is -0.240. The normalized spacial score (nSPS) is 16.5. The van der Waals surface area contributed by atoms with Crippen LogP contribution in [0.3, 0.4) is 0 Å². The van der Waals surface area contributed by atoms with E-state index in [9.17, 15) is 4.89 Å². The van der Waals surface area contributed by atoms with Gasteiger partial charge in [-0.05, 0) is 112 Å². The highest BCUT2D eigenvalue weighted by atomic mass is 31.2. The quantitative estimate of drug-likeness (QED) is 0.0618. The molecule has 7 heteroatoms. The lowest BCUT2D eigenvalue weighted by Crippen LogP contribution is -2.23. The number of hydrogen-bond acceptors (Lipinski definition) is 6. The fourth-order valence-corrected chi connectivity index (χ4v) is 9.72. The smallest absolute Gasteiger partial charge is 0.429 e. The van der Waals surface area contributed by atoms with Gasteiger partial charge in [-0.3, -0.25) is 4.52 Å². The Hall–Kier alpha value is -0.750. The molecule has 0 aromatic heterocycles. The van der Waals surface area contributed by atoms with Crippen LogP contribution >= 0.6 is 8.17 Å². The topological polar surface area (TPSA) is 57.2 Å². The van der Waals surface area contributed by atoms with E-state index in [2.05, 4.69) is 113 Å². The van der Waals surface area contributed by atoms with Crippen LogP contribution in [0.5, 0.6) is 5.75 Å². The van der Waals surface area contributed by atoms with E-state index in [0.29, 0.717) is 30.8 Å².